The van der Waals surface area contributed by atoms with Crippen molar-refractivity contribution in [3.63, 3.8) is 0 Å². The van der Waals surface area contributed by atoms with E-state index >= 15 is 0 Å². The molecule has 0 unspecified atom stereocenters. The van der Waals surface area contributed by atoms with E-state index in [1.807, 2.05) is 19.1 Å². The van der Waals surface area contributed by atoms with Crippen LogP contribution in [0, 0.1) is 18.7 Å². The first kappa shape index (κ1) is 25.7. The largest absolute Gasteiger partial charge is 0.491 e. The molecule has 1 heterocycles. The van der Waals surface area contributed by atoms with Crippen LogP contribution in [-0.2, 0) is 14.3 Å². The molecule has 184 valence electrons. The monoisotopic (exact) mass is 470 g/mol. The summed E-state index contributed by atoms with van der Waals surface area (Å²) in [5.74, 6) is -0.950. The third-order valence-electron chi connectivity index (χ3n) is 6.28. The van der Waals surface area contributed by atoms with Crippen LogP contribution in [0.5, 0.6) is 11.5 Å². The van der Waals surface area contributed by atoms with Crippen LogP contribution in [0.25, 0.3) is 11.1 Å². The van der Waals surface area contributed by atoms with Gasteiger partial charge in [0.15, 0.2) is 11.6 Å². The molecule has 0 aliphatic carbocycles. The zero-order valence-electron chi connectivity index (χ0n) is 20.6. The highest BCUT2D eigenvalue weighted by Crippen LogP contribution is 2.36. The van der Waals surface area contributed by atoms with Crippen molar-refractivity contribution in [2.75, 3.05) is 6.61 Å². The summed E-state index contributed by atoms with van der Waals surface area (Å²) in [6, 6.07) is 10.2. The molecule has 6 heteroatoms. The molecule has 0 radical (unpaired) electrons. The van der Waals surface area contributed by atoms with Crippen molar-refractivity contribution in [1.82, 2.24) is 0 Å². The van der Waals surface area contributed by atoms with Crippen molar-refractivity contribution in [1.29, 1.82) is 0 Å². The highest BCUT2D eigenvalue weighted by atomic mass is 19.1. The van der Waals surface area contributed by atoms with Gasteiger partial charge in [0, 0.05) is 6.42 Å². The van der Waals surface area contributed by atoms with Crippen LogP contribution in [0.3, 0.4) is 0 Å². The summed E-state index contributed by atoms with van der Waals surface area (Å²) in [6.45, 7) is 8.09. The summed E-state index contributed by atoms with van der Waals surface area (Å²) in [6.07, 6.45) is 5.97. The number of aryl methyl sites for hydroxylation is 1. The van der Waals surface area contributed by atoms with Gasteiger partial charge in [-0.25, -0.2) is 9.18 Å². The van der Waals surface area contributed by atoms with Gasteiger partial charge in [-0.3, -0.25) is 4.79 Å². The van der Waals surface area contributed by atoms with Gasteiger partial charge in [-0.05, 0) is 67.6 Å². The van der Waals surface area contributed by atoms with Crippen molar-refractivity contribution >= 4 is 11.9 Å². The Labute approximate surface area is 201 Å². The Kier molecular flexibility index (Phi) is 8.70. The number of esters is 2. The number of hydrogen-bond acceptors (Lipinski definition) is 5. The molecular weight excluding hydrogens is 435 g/mol. The second-order valence-electron chi connectivity index (χ2n) is 9.27. The Balaban J connectivity index is 1.67. The molecule has 1 aliphatic heterocycles. The summed E-state index contributed by atoms with van der Waals surface area (Å²) in [5.41, 5.74) is 0.944. The fourth-order valence-electron chi connectivity index (χ4n) is 4.18. The zero-order valence-corrected chi connectivity index (χ0v) is 20.6. The number of ether oxygens (including phenoxy) is 3. The number of halogens is 1. The molecule has 1 saturated heterocycles. The first-order valence-corrected chi connectivity index (χ1v) is 12.3. The molecule has 0 spiro atoms. The van der Waals surface area contributed by atoms with E-state index in [2.05, 4.69) is 13.8 Å². The molecule has 1 aliphatic rings. The smallest absolute Gasteiger partial charge is 0.355 e. The number of cyclic esters (lactones) is 1. The van der Waals surface area contributed by atoms with E-state index in [-0.39, 0.29) is 17.6 Å². The molecule has 2 aromatic rings. The van der Waals surface area contributed by atoms with Crippen LogP contribution in [0.1, 0.15) is 71.3 Å². The van der Waals surface area contributed by atoms with E-state index in [4.69, 9.17) is 14.2 Å². The topological polar surface area (TPSA) is 61.8 Å². The predicted molar refractivity (Wildman–Crippen MR) is 129 cm³/mol. The molecule has 0 bridgehead atoms. The molecule has 1 fully saturated rings. The fraction of sp³-hybridized carbons (Fsp3) is 0.500. The summed E-state index contributed by atoms with van der Waals surface area (Å²) in [7, 11) is 0. The molecule has 2 atom stereocenters. The van der Waals surface area contributed by atoms with Crippen molar-refractivity contribution in [2.45, 2.75) is 78.2 Å². The lowest BCUT2D eigenvalue weighted by molar-refractivity contribution is -0.166. The lowest BCUT2D eigenvalue weighted by atomic mass is 9.92. The molecule has 5 nitrogen and oxygen atoms in total. The first-order chi connectivity index (χ1) is 16.3. The number of hydrogen-bond donors (Lipinski definition) is 0. The fourth-order valence-corrected chi connectivity index (χ4v) is 4.18. The Morgan fingerprint density at radius 1 is 1.06 bits per heavy atom. The zero-order chi connectivity index (χ0) is 24.7. The van der Waals surface area contributed by atoms with E-state index < -0.39 is 17.4 Å². The number of carbonyl (C=O) groups is 2. The molecule has 0 aromatic heterocycles. The van der Waals surface area contributed by atoms with Crippen LogP contribution >= 0.6 is 0 Å². The van der Waals surface area contributed by atoms with Crippen molar-refractivity contribution in [3.8, 4) is 22.6 Å². The highest BCUT2D eigenvalue weighted by molar-refractivity contribution is 5.89. The minimum absolute atomic E-state index is 0.249. The van der Waals surface area contributed by atoms with Crippen LogP contribution in [-0.4, -0.2) is 24.1 Å². The maximum atomic E-state index is 14.5. The Hall–Kier alpha value is -2.89. The third-order valence-corrected chi connectivity index (χ3v) is 6.28. The molecule has 0 N–H and O–H groups in total. The van der Waals surface area contributed by atoms with Gasteiger partial charge in [0.05, 0.1) is 12.5 Å². The predicted octanol–water partition coefficient (Wildman–Crippen LogP) is 6.79. The Morgan fingerprint density at radius 3 is 2.38 bits per heavy atom. The SMILES string of the molecule is CCCCCOc1ccc(-c2ccc(OC(=O)[C@]3(C)C[C@H](CCCC)C(=O)O3)c(C)c2)cc1F. The number of rotatable bonds is 11. The van der Waals surface area contributed by atoms with Crippen LogP contribution in [0.15, 0.2) is 36.4 Å². The van der Waals surface area contributed by atoms with Gasteiger partial charge in [0.2, 0.25) is 5.60 Å². The van der Waals surface area contributed by atoms with Gasteiger partial charge in [-0.15, -0.1) is 0 Å². The molecule has 0 saturated carbocycles. The maximum Gasteiger partial charge on any atom is 0.355 e. The number of unbranched alkanes of at least 4 members (excludes halogenated alkanes) is 3. The Morgan fingerprint density at radius 2 is 1.74 bits per heavy atom. The standard InChI is InChI=1S/C28H35FO5/c1-5-7-9-15-32-25-14-12-21(17-23(25)29)20-11-13-24(19(3)16-20)33-27(31)28(4)18-22(10-8-6-2)26(30)34-28/h11-14,16-17,22H,5-10,15,18H2,1-4H3/t22-,28-/m0/s1. The minimum Gasteiger partial charge on any atom is -0.491 e. The van der Waals surface area contributed by atoms with E-state index in [1.54, 1.807) is 25.1 Å². The van der Waals surface area contributed by atoms with Gasteiger partial charge < -0.3 is 14.2 Å². The molecule has 2 aromatic carbocycles. The van der Waals surface area contributed by atoms with E-state index in [0.29, 0.717) is 30.8 Å². The highest BCUT2D eigenvalue weighted by Gasteiger charge is 2.49. The van der Waals surface area contributed by atoms with Gasteiger partial charge >= 0.3 is 11.9 Å². The average molecular weight is 471 g/mol. The van der Waals surface area contributed by atoms with Crippen LogP contribution in [0.2, 0.25) is 0 Å². The minimum atomic E-state index is -1.28. The van der Waals surface area contributed by atoms with Gasteiger partial charge in [-0.1, -0.05) is 51.7 Å². The first-order valence-electron chi connectivity index (χ1n) is 12.3. The van der Waals surface area contributed by atoms with Crippen molar-refractivity contribution in [3.05, 3.63) is 47.8 Å². The van der Waals surface area contributed by atoms with Crippen LogP contribution in [0.4, 0.5) is 4.39 Å². The van der Waals surface area contributed by atoms with E-state index in [9.17, 15) is 14.0 Å². The third kappa shape index (κ3) is 6.16. The van der Waals surface area contributed by atoms with Crippen molar-refractivity contribution in [2.24, 2.45) is 5.92 Å². The lowest BCUT2D eigenvalue weighted by Gasteiger charge is -2.21. The van der Waals surface area contributed by atoms with Crippen LogP contribution < -0.4 is 9.47 Å². The van der Waals surface area contributed by atoms with Crippen molar-refractivity contribution < 1.29 is 28.2 Å². The van der Waals surface area contributed by atoms with E-state index in [0.717, 1.165) is 43.2 Å². The molecule has 0 amide bonds. The quantitative estimate of drug-likeness (QED) is 0.206. The average Bonchev–Trinajstić information content (AvgIpc) is 3.11. The summed E-state index contributed by atoms with van der Waals surface area (Å²) < 4.78 is 31.1. The van der Waals surface area contributed by atoms with Gasteiger partial charge in [0.25, 0.3) is 0 Å². The van der Waals surface area contributed by atoms with Gasteiger partial charge in [0.1, 0.15) is 5.75 Å². The summed E-state index contributed by atoms with van der Waals surface area (Å²) >= 11 is 0. The summed E-state index contributed by atoms with van der Waals surface area (Å²) in [4.78, 5) is 25.0. The second kappa shape index (κ2) is 11.5. The molecule has 34 heavy (non-hydrogen) atoms. The molecular formula is C28H35FO5. The Bertz CT molecular complexity index is 1020. The summed E-state index contributed by atoms with van der Waals surface area (Å²) in [5, 5.41) is 0. The van der Waals surface area contributed by atoms with E-state index in [1.165, 1.54) is 6.07 Å². The maximum absolute atomic E-state index is 14.5. The number of carbonyl (C=O) groups excluding carboxylic acids is 2. The van der Waals surface area contributed by atoms with Gasteiger partial charge in [-0.2, -0.15) is 0 Å². The second-order valence-corrected chi connectivity index (χ2v) is 9.27. The number of benzene rings is 2. The normalized spacial score (nSPS) is 19.7. The lowest BCUT2D eigenvalue weighted by Crippen LogP contribution is -2.38. The molecule has 3 rings (SSSR count).